The number of likely N-dealkylation sites (tertiary alicyclic amines) is 1. The number of carboxylic acid groups (broad SMARTS) is 1. The Hall–Kier alpha value is -1.62. The lowest BCUT2D eigenvalue weighted by Crippen LogP contribution is -2.58. The molecule has 1 aliphatic carbocycles. The summed E-state index contributed by atoms with van der Waals surface area (Å²) >= 11 is 0. The summed E-state index contributed by atoms with van der Waals surface area (Å²) in [6.07, 6.45) is 8.24. The molecule has 5 nitrogen and oxygen atoms in total. The van der Waals surface area contributed by atoms with Crippen molar-refractivity contribution in [2.24, 2.45) is 0 Å². The van der Waals surface area contributed by atoms with Crippen LogP contribution in [0.1, 0.15) is 42.5 Å². The molecule has 0 unspecified atom stereocenters. The van der Waals surface area contributed by atoms with E-state index in [0.717, 1.165) is 13.1 Å². The maximum Gasteiger partial charge on any atom is 0.341 e. The van der Waals surface area contributed by atoms with Crippen LogP contribution in [0, 0.1) is 0 Å². The van der Waals surface area contributed by atoms with Crippen LogP contribution in [0.2, 0.25) is 0 Å². The van der Waals surface area contributed by atoms with Crippen molar-refractivity contribution in [2.75, 3.05) is 13.1 Å². The van der Waals surface area contributed by atoms with Crippen molar-refractivity contribution in [2.45, 2.75) is 44.2 Å². The Labute approximate surface area is 118 Å². The van der Waals surface area contributed by atoms with Gasteiger partial charge >= 0.3 is 5.97 Å². The largest absolute Gasteiger partial charge is 0.477 e. The van der Waals surface area contributed by atoms with Crippen LogP contribution in [-0.4, -0.2) is 46.2 Å². The summed E-state index contributed by atoms with van der Waals surface area (Å²) in [6, 6.07) is 3.85. The van der Waals surface area contributed by atoms with E-state index in [0.29, 0.717) is 6.04 Å². The number of ether oxygens (including phenoxy) is 1. The summed E-state index contributed by atoms with van der Waals surface area (Å²) in [5.74, 6) is -0.746. The zero-order valence-electron chi connectivity index (χ0n) is 11.5. The first-order valence-electron chi connectivity index (χ1n) is 7.33. The SMILES string of the molecule is O=C(O)c1cccnc1OC1CN(C2CCCCC2)C1. The van der Waals surface area contributed by atoms with Gasteiger partial charge in [0.1, 0.15) is 11.7 Å². The van der Waals surface area contributed by atoms with Crippen LogP contribution in [0.3, 0.4) is 0 Å². The fourth-order valence-corrected chi connectivity index (χ4v) is 3.09. The van der Waals surface area contributed by atoms with Crippen LogP contribution >= 0.6 is 0 Å². The van der Waals surface area contributed by atoms with Crippen molar-refractivity contribution in [1.29, 1.82) is 0 Å². The van der Waals surface area contributed by atoms with Gasteiger partial charge in [-0.3, -0.25) is 4.90 Å². The standard InChI is InChI=1S/C15H20N2O3/c18-15(19)13-7-4-8-16-14(13)20-12-9-17(10-12)11-5-2-1-3-6-11/h4,7-8,11-12H,1-3,5-6,9-10H2,(H,18,19). The Bertz CT molecular complexity index is 480. The third kappa shape index (κ3) is 2.77. The number of carbonyl (C=O) groups is 1. The molecule has 0 bridgehead atoms. The minimum absolute atomic E-state index is 0.0740. The first-order chi connectivity index (χ1) is 9.74. The van der Waals surface area contributed by atoms with Gasteiger partial charge in [0.25, 0.3) is 0 Å². The molecular weight excluding hydrogens is 256 g/mol. The average molecular weight is 276 g/mol. The topological polar surface area (TPSA) is 62.7 Å². The fourth-order valence-electron chi connectivity index (χ4n) is 3.09. The lowest BCUT2D eigenvalue weighted by Gasteiger charge is -2.45. The van der Waals surface area contributed by atoms with Gasteiger partial charge in [-0.1, -0.05) is 19.3 Å². The molecule has 2 aliphatic rings. The molecule has 0 amide bonds. The van der Waals surface area contributed by atoms with Crippen LogP contribution in [0.15, 0.2) is 18.3 Å². The van der Waals surface area contributed by atoms with E-state index < -0.39 is 5.97 Å². The summed E-state index contributed by atoms with van der Waals surface area (Å²) in [5, 5.41) is 9.09. The maximum atomic E-state index is 11.1. The van der Waals surface area contributed by atoms with Crippen molar-refractivity contribution in [3.8, 4) is 5.88 Å². The molecule has 20 heavy (non-hydrogen) atoms. The quantitative estimate of drug-likeness (QED) is 0.913. The summed E-state index contributed by atoms with van der Waals surface area (Å²) in [6.45, 7) is 1.78. The van der Waals surface area contributed by atoms with E-state index in [2.05, 4.69) is 9.88 Å². The number of aromatic carboxylic acids is 1. The van der Waals surface area contributed by atoms with Gasteiger partial charge < -0.3 is 9.84 Å². The number of hydrogen-bond donors (Lipinski definition) is 1. The molecule has 0 atom stereocenters. The molecule has 1 N–H and O–H groups in total. The zero-order chi connectivity index (χ0) is 13.9. The molecule has 1 aromatic heterocycles. The van der Waals surface area contributed by atoms with Crippen LogP contribution in [0.25, 0.3) is 0 Å². The Morgan fingerprint density at radius 1 is 1.30 bits per heavy atom. The van der Waals surface area contributed by atoms with Gasteiger partial charge in [0.2, 0.25) is 5.88 Å². The molecule has 1 saturated carbocycles. The van der Waals surface area contributed by atoms with E-state index in [4.69, 9.17) is 9.84 Å². The number of pyridine rings is 1. The summed E-state index contributed by atoms with van der Waals surface area (Å²) in [4.78, 5) is 17.6. The normalized spacial score (nSPS) is 21.4. The molecule has 1 aliphatic heterocycles. The molecule has 2 fully saturated rings. The molecule has 1 aromatic rings. The van der Waals surface area contributed by atoms with Gasteiger partial charge in [-0.2, -0.15) is 0 Å². The fraction of sp³-hybridized carbons (Fsp3) is 0.600. The highest BCUT2D eigenvalue weighted by Crippen LogP contribution is 2.28. The highest BCUT2D eigenvalue weighted by molar-refractivity contribution is 5.90. The first kappa shape index (κ1) is 13.4. The lowest BCUT2D eigenvalue weighted by atomic mass is 9.92. The minimum atomic E-state index is -0.989. The third-order valence-corrected chi connectivity index (χ3v) is 4.25. The number of nitrogens with zero attached hydrogens (tertiary/aromatic N) is 2. The van der Waals surface area contributed by atoms with Gasteiger partial charge in [-0.25, -0.2) is 9.78 Å². The van der Waals surface area contributed by atoms with Crippen LogP contribution in [0.4, 0.5) is 0 Å². The zero-order valence-corrected chi connectivity index (χ0v) is 11.5. The van der Waals surface area contributed by atoms with E-state index in [-0.39, 0.29) is 17.5 Å². The highest BCUT2D eigenvalue weighted by atomic mass is 16.5. The molecule has 108 valence electrons. The van der Waals surface area contributed by atoms with E-state index in [9.17, 15) is 4.79 Å². The van der Waals surface area contributed by atoms with Crippen LogP contribution in [-0.2, 0) is 0 Å². The molecule has 5 heteroatoms. The second kappa shape index (κ2) is 5.79. The predicted octanol–water partition coefficient (Wildman–Crippen LogP) is 2.18. The summed E-state index contributed by atoms with van der Waals surface area (Å²) < 4.78 is 5.73. The van der Waals surface area contributed by atoms with Gasteiger partial charge in [0.15, 0.2) is 0 Å². The summed E-state index contributed by atoms with van der Waals surface area (Å²) in [5.41, 5.74) is 0.142. The minimum Gasteiger partial charge on any atom is -0.477 e. The van der Waals surface area contributed by atoms with E-state index >= 15 is 0 Å². The van der Waals surface area contributed by atoms with Gasteiger partial charge in [0.05, 0.1) is 0 Å². The third-order valence-electron chi connectivity index (χ3n) is 4.25. The van der Waals surface area contributed by atoms with Crippen molar-refractivity contribution >= 4 is 5.97 Å². The molecule has 0 radical (unpaired) electrons. The number of rotatable bonds is 4. The van der Waals surface area contributed by atoms with Gasteiger partial charge in [-0.05, 0) is 25.0 Å². The molecule has 1 saturated heterocycles. The van der Waals surface area contributed by atoms with Crippen molar-refractivity contribution in [1.82, 2.24) is 9.88 Å². The number of hydrogen-bond acceptors (Lipinski definition) is 4. The maximum absolute atomic E-state index is 11.1. The Morgan fingerprint density at radius 2 is 2.05 bits per heavy atom. The highest BCUT2D eigenvalue weighted by Gasteiger charge is 2.35. The van der Waals surface area contributed by atoms with Crippen molar-refractivity contribution < 1.29 is 14.6 Å². The smallest absolute Gasteiger partial charge is 0.341 e. The molecule has 0 aromatic carbocycles. The second-order valence-corrected chi connectivity index (χ2v) is 5.65. The lowest BCUT2D eigenvalue weighted by molar-refractivity contribution is -0.0213. The van der Waals surface area contributed by atoms with E-state index in [1.165, 1.54) is 38.2 Å². The summed E-state index contributed by atoms with van der Waals surface area (Å²) in [7, 11) is 0. The van der Waals surface area contributed by atoms with Gasteiger partial charge in [-0.15, -0.1) is 0 Å². The average Bonchev–Trinajstić information content (AvgIpc) is 2.43. The molecule has 3 rings (SSSR count). The number of aromatic nitrogens is 1. The second-order valence-electron chi connectivity index (χ2n) is 5.65. The van der Waals surface area contributed by atoms with Crippen molar-refractivity contribution in [3.05, 3.63) is 23.9 Å². The number of carboxylic acids is 1. The van der Waals surface area contributed by atoms with Crippen LogP contribution < -0.4 is 4.74 Å². The van der Waals surface area contributed by atoms with Crippen molar-refractivity contribution in [3.63, 3.8) is 0 Å². The van der Waals surface area contributed by atoms with E-state index in [1.807, 2.05) is 0 Å². The predicted molar refractivity (Wildman–Crippen MR) is 74.1 cm³/mol. The first-order valence-corrected chi connectivity index (χ1v) is 7.33. The van der Waals surface area contributed by atoms with Gasteiger partial charge in [0, 0.05) is 25.3 Å². The monoisotopic (exact) mass is 276 g/mol. The Morgan fingerprint density at radius 3 is 2.75 bits per heavy atom. The van der Waals surface area contributed by atoms with Crippen LogP contribution in [0.5, 0.6) is 5.88 Å². The molecular formula is C15H20N2O3. The molecule has 0 spiro atoms. The molecule has 2 heterocycles. The van der Waals surface area contributed by atoms with E-state index in [1.54, 1.807) is 12.3 Å². The Kier molecular flexibility index (Phi) is 3.87. The Balaban J connectivity index is 1.55.